The van der Waals surface area contributed by atoms with Crippen molar-refractivity contribution in [2.24, 2.45) is 5.92 Å². The van der Waals surface area contributed by atoms with E-state index in [1.807, 2.05) is 4.90 Å². The molecule has 3 heterocycles. The molecule has 1 aromatic heterocycles. The molecule has 0 aromatic carbocycles. The molecule has 7 nitrogen and oxygen atoms in total. The van der Waals surface area contributed by atoms with Crippen molar-refractivity contribution in [2.45, 2.75) is 89.8 Å². The molecule has 0 radical (unpaired) electrons. The Balaban J connectivity index is 1.36. The summed E-state index contributed by atoms with van der Waals surface area (Å²) in [6.45, 7) is 2.05. The molecule has 1 atom stereocenters. The molecule has 0 spiro atoms. The number of nitrogens with one attached hydrogen (secondary N) is 1. The molecule has 2 amide bonds. The summed E-state index contributed by atoms with van der Waals surface area (Å²) in [5, 5.41) is 11.6. The number of likely N-dealkylation sites (tertiary alicyclic amines) is 1. The van der Waals surface area contributed by atoms with Crippen molar-refractivity contribution >= 4 is 11.8 Å². The van der Waals surface area contributed by atoms with Gasteiger partial charge in [0, 0.05) is 25.4 Å². The number of rotatable bonds is 4. The Morgan fingerprint density at radius 2 is 1.74 bits per heavy atom. The van der Waals surface area contributed by atoms with Crippen molar-refractivity contribution in [2.75, 3.05) is 6.54 Å². The molecule has 4 rings (SSSR count). The molecule has 2 aliphatic heterocycles. The molecule has 1 unspecified atom stereocenters. The van der Waals surface area contributed by atoms with Crippen molar-refractivity contribution in [3.05, 3.63) is 11.6 Å². The third-order valence-electron chi connectivity index (χ3n) is 6.40. The number of nitrogens with zero attached hydrogens (tertiary/aromatic N) is 4. The zero-order chi connectivity index (χ0) is 18.6. The number of aryl methyl sites for hydroxylation is 1. The summed E-state index contributed by atoms with van der Waals surface area (Å²) in [7, 11) is 0. The highest BCUT2D eigenvalue weighted by Gasteiger charge is 2.37. The van der Waals surface area contributed by atoms with Gasteiger partial charge in [0.05, 0.1) is 6.54 Å². The molecule has 7 heteroatoms. The molecule has 1 aliphatic carbocycles. The predicted molar refractivity (Wildman–Crippen MR) is 101 cm³/mol. The molecular formula is C20H31N5O2. The van der Waals surface area contributed by atoms with Crippen LogP contribution in [0.4, 0.5) is 0 Å². The number of aromatic nitrogens is 3. The van der Waals surface area contributed by atoms with Crippen molar-refractivity contribution < 1.29 is 9.59 Å². The first-order valence-corrected chi connectivity index (χ1v) is 10.7. The molecular weight excluding hydrogens is 342 g/mol. The van der Waals surface area contributed by atoms with Crippen LogP contribution in [0.2, 0.25) is 0 Å². The van der Waals surface area contributed by atoms with E-state index >= 15 is 0 Å². The van der Waals surface area contributed by atoms with Gasteiger partial charge in [-0.25, -0.2) is 0 Å². The fourth-order valence-corrected chi connectivity index (χ4v) is 4.85. The zero-order valence-electron chi connectivity index (χ0n) is 16.2. The van der Waals surface area contributed by atoms with Crippen molar-refractivity contribution in [1.82, 2.24) is 25.0 Å². The van der Waals surface area contributed by atoms with E-state index < -0.39 is 0 Å². The van der Waals surface area contributed by atoms with Gasteiger partial charge >= 0.3 is 0 Å². The first kappa shape index (κ1) is 18.4. The van der Waals surface area contributed by atoms with E-state index in [0.717, 1.165) is 76.0 Å². The minimum absolute atomic E-state index is 0.0392. The Kier molecular flexibility index (Phi) is 5.74. The summed E-state index contributed by atoms with van der Waals surface area (Å²) in [5.41, 5.74) is 0. The number of fused-ring (bicyclic) bond motifs is 1. The second kappa shape index (κ2) is 8.40. The highest BCUT2D eigenvalue weighted by molar-refractivity contribution is 5.89. The standard InChI is InChI=1S/C20H31N5O2/c26-19(21-14-18-23-22-17-11-5-2-6-12-25(17)18)16-10-7-13-24(16)20(27)15-8-3-1-4-9-15/h15-16H,1-14H2,(H,21,26). The molecule has 27 heavy (non-hydrogen) atoms. The fraction of sp³-hybridized carbons (Fsp3) is 0.800. The maximum Gasteiger partial charge on any atom is 0.243 e. The van der Waals surface area contributed by atoms with Crippen molar-refractivity contribution in [1.29, 1.82) is 0 Å². The SMILES string of the molecule is O=C(NCc1nnc2n1CCCCC2)C1CCCN1C(=O)C1CCCCC1. The fourth-order valence-electron chi connectivity index (χ4n) is 4.85. The number of carbonyl (C=O) groups excluding carboxylic acids is 2. The lowest BCUT2D eigenvalue weighted by molar-refractivity contribution is -0.142. The predicted octanol–water partition coefficient (Wildman–Crippen LogP) is 2.19. The van der Waals surface area contributed by atoms with Gasteiger partial charge in [0.2, 0.25) is 11.8 Å². The molecule has 0 bridgehead atoms. The molecule has 1 saturated carbocycles. The molecule has 1 N–H and O–H groups in total. The van der Waals surface area contributed by atoms with E-state index in [0.29, 0.717) is 13.1 Å². The Hall–Kier alpha value is -1.92. The maximum atomic E-state index is 12.9. The average Bonchev–Trinajstić information content (AvgIpc) is 3.27. The van der Waals surface area contributed by atoms with E-state index in [1.54, 1.807) is 0 Å². The molecule has 1 aromatic rings. The normalized spacial score (nSPS) is 23.7. The summed E-state index contributed by atoms with van der Waals surface area (Å²) in [6.07, 6.45) is 11.6. The summed E-state index contributed by atoms with van der Waals surface area (Å²) >= 11 is 0. The van der Waals surface area contributed by atoms with Gasteiger partial charge in [0.25, 0.3) is 0 Å². The van der Waals surface area contributed by atoms with Crippen LogP contribution in [-0.2, 0) is 29.1 Å². The smallest absolute Gasteiger partial charge is 0.243 e. The lowest BCUT2D eigenvalue weighted by Gasteiger charge is -2.30. The average molecular weight is 374 g/mol. The monoisotopic (exact) mass is 373 g/mol. The Morgan fingerprint density at radius 3 is 2.59 bits per heavy atom. The van der Waals surface area contributed by atoms with Crippen LogP contribution in [-0.4, -0.2) is 44.1 Å². The van der Waals surface area contributed by atoms with E-state index in [4.69, 9.17) is 0 Å². The van der Waals surface area contributed by atoms with Gasteiger partial charge < -0.3 is 14.8 Å². The van der Waals surface area contributed by atoms with E-state index in [9.17, 15) is 9.59 Å². The van der Waals surface area contributed by atoms with E-state index in [2.05, 4.69) is 20.1 Å². The lowest BCUT2D eigenvalue weighted by Crippen LogP contribution is -2.48. The van der Waals surface area contributed by atoms with Crippen molar-refractivity contribution in [3.8, 4) is 0 Å². The van der Waals surface area contributed by atoms with Gasteiger partial charge in [0.15, 0.2) is 5.82 Å². The Morgan fingerprint density at radius 1 is 0.926 bits per heavy atom. The van der Waals surface area contributed by atoms with Gasteiger partial charge in [-0.15, -0.1) is 10.2 Å². The number of amides is 2. The van der Waals surface area contributed by atoms with Crippen LogP contribution in [0.5, 0.6) is 0 Å². The van der Waals surface area contributed by atoms with E-state index in [-0.39, 0.29) is 23.8 Å². The molecule has 3 aliphatic rings. The third kappa shape index (κ3) is 4.01. The minimum atomic E-state index is -0.314. The summed E-state index contributed by atoms with van der Waals surface area (Å²) in [6, 6.07) is -0.314. The number of carbonyl (C=O) groups is 2. The molecule has 2 fully saturated rings. The second-order valence-corrected chi connectivity index (χ2v) is 8.24. The summed E-state index contributed by atoms with van der Waals surface area (Å²) in [4.78, 5) is 27.6. The van der Waals surface area contributed by atoms with Crippen LogP contribution in [0.1, 0.15) is 75.9 Å². The first-order valence-electron chi connectivity index (χ1n) is 10.7. The molecule has 148 valence electrons. The van der Waals surface area contributed by atoms with Crippen molar-refractivity contribution in [3.63, 3.8) is 0 Å². The Labute approximate surface area is 160 Å². The van der Waals surface area contributed by atoms with Crippen LogP contribution in [0.15, 0.2) is 0 Å². The van der Waals surface area contributed by atoms with Gasteiger partial charge in [-0.2, -0.15) is 0 Å². The largest absolute Gasteiger partial charge is 0.347 e. The van der Waals surface area contributed by atoms with Gasteiger partial charge in [0.1, 0.15) is 11.9 Å². The summed E-state index contributed by atoms with van der Waals surface area (Å²) < 4.78 is 2.16. The topological polar surface area (TPSA) is 80.1 Å². The van der Waals surface area contributed by atoms with Crippen LogP contribution in [0, 0.1) is 5.92 Å². The first-order chi connectivity index (χ1) is 13.2. The highest BCUT2D eigenvalue weighted by Crippen LogP contribution is 2.29. The third-order valence-corrected chi connectivity index (χ3v) is 6.40. The Bertz CT molecular complexity index is 680. The lowest BCUT2D eigenvalue weighted by atomic mass is 9.88. The number of hydrogen-bond acceptors (Lipinski definition) is 4. The van der Waals surface area contributed by atoms with Crippen LogP contribution < -0.4 is 5.32 Å². The second-order valence-electron chi connectivity index (χ2n) is 8.24. The van der Waals surface area contributed by atoms with E-state index in [1.165, 1.54) is 12.8 Å². The van der Waals surface area contributed by atoms with Gasteiger partial charge in [-0.05, 0) is 38.5 Å². The number of hydrogen-bond donors (Lipinski definition) is 1. The van der Waals surface area contributed by atoms with Crippen LogP contribution in [0.3, 0.4) is 0 Å². The van der Waals surface area contributed by atoms with Crippen LogP contribution >= 0.6 is 0 Å². The molecule has 1 saturated heterocycles. The van der Waals surface area contributed by atoms with Gasteiger partial charge in [-0.3, -0.25) is 9.59 Å². The van der Waals surface area contributed by atoms with Gasteiger partial charge in [-0.1, -0.05) is 25.7 Å². The zero-order valence-corrected chi connectivity index (χ0v) is 16.2. The highest BCUT2D eigenvalue weighted by atomic mass is 16.2. The quantitative estimate of drug-likeness (QED) is 0.877. The maximum absolute atomic E-state index is 12.9. The minimum Gasteiger partial charge on any atom is -0.347 e. The summed E-state index contributed by atoms with van der Waals surface area (Å²) in [5.74, 6) is 2.15. The van der Waals surface area contributed by atoms with Crippen LogP contribution in [0.25, 0.3) is 0 Å².